The zero-order valence-electron chi connectivity index (χ0n) is 13.4. The SMILES string of the molecule is C=CC(=O)N(C)c1cc2c(cc1C)CCNC2.O=C(O)C(F)(F)F. The Morgan fingerprint density at radius 2 is 1.92 bits per heavy atom. The van der Waals surface area contributed by atoms with Gasteiger partial charge in [0.1, 0.15) is 0 Å². The number of halogens is 3. The maximum atomic E-state index is 11.6. The van der Waals surface area contributed by atoms with E-state index in [0.29, 0.717) is 0 Å². The van der Waals surface area contributed by atoms with Gasteiger partial charge in [0.2, 0.25) is 5.91 Å². The number of likely N-dealkylation sites (N-methyl/N-ethyl adjacent to an activating group) is 1. The van der Waals surface area contributed by atoms with Crippen LogP contribution in [0.3, 0.4) is 0 Å². The predicted molar refractivity (Wildman–Crippen MR) is 83.9 cm³/mol. The Hall–Kier alpha value is -2.35. The van der Waals surface area contributed by atoms with Gasteiger partial charge in [0, 0.05) is 19.3 Å². The van der Waals surface area contributed by atoms with E-state index in [0.717, 1.165) is 30.8 Å². The first-order valence-electron chi connectivity index (χ1n) is 7.11. The van der Waals surface area contributed by atoms with Gasteiger partial charge in [-0.1, -0.05) is 12.6 Å². The van der Waals surface area contributed by atoms with E-state index in [4.69, 9.17) is 9.90 Å². The Bertz CT molecular complexity index is 642. The lowest BCUT2D eigenvalue weighted by Gasteiger charge is -2.23. The van der Waals surface area contributed by atoms with E-state index in [9.17, 15) is 18.0 Å². The molecule has 0 saturated heterocycles. The van der Waals surface area contributed by atoms with Gasteiger partial charge in [-0.2, -0.15) is 13.2 Å². The number of carboxylic acids is 1. The molecule has 0 aliphatic carbocycles. The summed E-state index contributed by atoms with van der Waals surface area (Å²) in [5.41, 5.74) is 4.80. The molecule has 1 aromatic carbocycles. The number of hydrogen-bond acceptors (Lipinski definition) is 3. The first-order valence-corrected chi connectivity index (χ1v) is 7.11. The van der Waals surface area contributed by atoms with Gasteiger partial charge in [0.25, 0.3) is 0 Å². The van der Waals surface area contributed by atoms with E-state index in [-0.39, 0.29) is 5.91 Å². The van der Waals surface area contributed by atoms with Crippen molar-refractivity contribution in [3.8, 4) is 0 Å². The molecule has 0 atom stereocenters. The van der Waals surface area contributed by atoms with Crippen molar-refractivity contribution in [1.29, 1.82) is 0 Å². The average Bonchev–Trinajstić information content (AvgIpc) is 2.52. The van der Waals surface area contributed by atoms with Crippen LogP contribution in [0.25, 0.3) is 0 Å². The van der Waals surface area contributed by atoms with Crippen LogP contribution in [0, 0.1) is 6.92 Å². The van der Waals surface area contributed by atoms with Crippen LogP contribution in [0.1, 0.15) is 16.7 Å². The second-order valence-electron chi connectivity index (χ2n) is 5.24. The van der Waals surface area contributed by atoms with E-state index in [1.54, 1.807) is 11.9 Å². The van der Waals surface area contributed by atoms with Gasteiger partial charge in [-0.25, -0.2) is 4.79 Å². The number of carboxylic acid groups (broad SMARTS) is 1. The van der Waals surface area contributed by atoms with Crippen LogP contribution in [0.5, 0.6) is 0 Å². The normalized spacial score (nSPS) is 13.2. The topological polar surface area (TPSA) is 69.6 Å². The lowest BCUT2D eigenvalue weighted by molar-refractivity contribution is -0.192. The molecule has 0 bridgehead atoms. The Labute approximate surface area is 137 Å². The fraction of sp³-hybridized carbons (Fsp3) is 0.375. The number of aliphatic carboxylic acids is 1. The van der Waals surface area contributed by atoms with Crippen LogP contribution in [-0.2, 0) is 22.6 Å². The molecule has 2 rings (SSSR count). The molecule has 1 heterocycles. The number of fused-ring (bicyclic) bond motifs is 1. The molecule has 132 valence electrons. The summed E-state index contributed by atoms with van der Waals surface area (Å²) in [7, 11) is 1.79. The molecule has 0 spiro atoms. The van der Waals surface area contributed by atoms with E-state index >= 15 is 0 Å². The molecule has 5 nitrogen and oxygen atoms in total. The summed E-state index contributed by atoms with van der Waals surface area (Å²) in [4.78, 5) is 22.2. The zero-order valence-corrected chi connectivity index (χ0v) is 13.4. The first-order chi connectivity index (χ1) is 11.1. The van der Waals surface area contributed by atoms with Crippen molar-refractivity contribution in [1.82, 2.24) is 5.32 Å². The van der Waals surface area contributed by atoms with Crippen LogP contribution in [-0.4, -0.2) is 36.8 Å². The monoisotopic (exact) mass is 344 g/mol. The molecule has 0 aromatic heterocycles. The average molecular weight is 344 g/mol. The number of nitrogens with zero attached hydrogens (tertiary/aromatic N) is 1. The van der Waals surface area contributed by atoms with Gasteiger partial charge in [0.05, 0.1) is 0 Å². The second kappa shape index (κ2) is 7.96. The molecule has 0 radical (unpaired) electrons. The van der Waals surface area contributed by atoms with Crippen molar-refractivity contribution < 1.29 is 27.9 Å². The highest BCUT2D eigenvalue weighted by molar-refractivity contribution is 6.01. The standard InChI is InChI=1S/C14H18N2O.C2HF3O2/c1-4-14(17)16(3)13-8-12-9-15-6-5-11(12)7-10(13)2;3-2(4,5)1(6)7/h4,7-8,15H,1,5-6,9H2,2-3H3;(H,6,7). The van der Waals surface area contributed by atoms with Gasteiger partial charge in [-0.05, 0) is 48.7 Å². The molecule has 1 aliphatic rings. The smallest absolute Gasteiger partial charge is 0.475 e. The Morgan fingerprint density at radius 1 is 1.33 bits per heavy atom. The highest BCUT2D eigenvalue weighted by Gasteiger charge is 2.38. The van der Waals surface area contributed by atoms with Crippen LogP contribution >= 0.6 is 0 Å². The predicted octanol–water partition coefficient (Wildman–Crippen LogP) is 2.42. The third-order valence-electron chi connectivity index (χ3n) is 3.51. The van der Waals surface area contributed by atoms with Crippen molar-refractivity contribution in [3.63, 3.8) is 0 Å². The van der Waals surface area contributed by atoms with Crippen molar-refractivity contribution in [2.75, 3.05) is 18.5 Å². The van der Waals surface area contributed by atoms with E-state index < -0.39 is 12.1 Å². The second-order valence-corrected chi connectivity index (χ2v) is 5.24. The van der Waals surface area contributed by atoms with Crippen LogP contribution in [0.2, 0.25) is 0 Å². The van der Waals surface area contributed by atoms with Crippen molar-refractivity contribution >= 4 is 17.6 Å². The van der Waals surface area contributed by atoms with Crippen molar-refractivity contribution in [2.45, 2.75) is 26.1 Å². The number of hydrogen-bond donors (Lipinski definition) is 2. The number of carbonyl (C=O) groups is 2. The van der Waals surface area contributed by atoms with Crippen molar-refractivity contribution in [2.24, 2.45) is 0 Å². The Balaban J connectivity index is 0.000000351. The van der Waals surface area contributed by atoms with Gasteiger partial charge < -0.3 is 15.3 Å². The molecule has 1 amide bonds. The fourth-order valence-electron chi connectivity index (χ4n) is 2.26. The molecular formula is C16H19F3N2O3. The van der Waals surface area contributed by atoms with Crippen LogP contribution in [0.4, 0.5) is 18.9 Å². The Kier molecular flexibility index (Phi) is 6.53. The lowest BCUT2D eigenvalue weighted by atomic mass is 9.97. The third kappa shape index (κ3) is 5.09. The van der Waals surface area contributed by atoms with Gasteiger partial charge in [0.15, 0.2) is 0 Å². The molecule has 24 heavy (non-hydrogen) atoms. The van der Waals surface area contributed by atoms with Gasteiger partial charge in [-0.15, -0.1) is 0 Å². The number of nitrogens with one attached hydrogen (secondary N) is 1. The number of benzene rings is 1. The summed E-state index contributed by atoms with van der Waals surface area (Å²) in [6.07, 6.45) is -2.67. The quantitative estimate of drug-likeness (QED) is 0.809. The summed E-state index contributed by atoms with van der Waals surface area (Å²) < 4.78 is 31.7. The van der Waals surface area contributed by atoms with Crippen LogP contribution in [0.15, 0.2) is 24.8 Å². The minimum Gasteiger partial charge on any atom is -0.475 e. The number of rotatable bonds is 2. The Morgan fingerprint density at radius 3 is 2.42 bits per heavy atom. The molecule has 1 aliphatic heterocycles. The van der Waals surface area contributed by atoms with Crippen LogP contribution < -0.4 is 10.2 Å². The maximum absolute atomic E-state index is 11.6. The molecule has 0 unspecified atom stereocenters. The fourth-order valence-corrected chi connectivity index (χ4v) is 2.26. The van der Waals surface area contributed by atoms with Gasteiger partial charge in [-0.3, -0.25) is 4.79 Å². The minimum absolute atomic E-state index is 0.0724. The van der Waals surface area contributed by atoms with E-state index in [1.807, 2.05) is 6.92 Å². The summed E-state index contributed by atoms with van der Waals surface area (Å²) in [5, 5.41) is 10.5. The van der Waals surface area contributed by atoms with Crippen molar-refractivity contribution in [3.05, 3.63) is 41.5 Å². The summed E-state index contributed by atoms with van der Waals surface area (Å²) in [6, 6.07) is 4.30. The number of alkyl halides is 3. The molecule has 0 fully saturated rings. The third-order valence-corrected chi connectivity index (χ3v) is 3.51. The maximum Gasteiger partial charge on any atom is 0.490 e. The summed E-state index contributed by atoms with van der Waals surface area (Å²) in [6.45, 7) is 7.49. The molecule has 0 saturated carbocycles. The lowest BCUT2D eigenvalue weighted by Crippen LogP contribution is -2.27. The number of amides is 1. The minimum atomic E-state index is -5.08. The largest absolute Gasteiger partial charge is 0.490 e. The first kappa shape index (κ1) is 19.7. The molecule has 1 aromatic rings. The van der Waals surface area contributed by atoms with Gasteiger partial charge >= 0.3 is 12.1 Å². The number of aryl methyl sites for hydroxylation is 1. The zero-order chi connectivity index (χ0) is 18.5. The van der Waals surface area contributed by atoms with E-state index in [1.165, 1.54) is 17.2 Å². The van der Waals surface area contributed by atoms with E-state index in [2.05, 4.69) is 24.0 Å². The molecule has 8 heteroatoms. The number of anilines is 1. The number of carbonyl (C=O) groups excluding carboxylic acids is 1. The molecular weight excluding hydrogens is 325 g/mol. The summed E-state index contributed by atoms with van der Waals surface area (Å²) in [5.74, 6) is -2.83. The summed E-state index contributed by atoms with van der Waals surface area (Å²) >= 11 is 0. The highest BCUT2D eigenvalue weighted by Crippen LogP contribution is 2.26. The molecule has 2 N–H and O–H groups in total. The highest BCUT2D eigenvalue weighted by atomic mass is 19.4.